The van der Waals surface area contributed by atoms with E-state index in [1.165, 1.54) is 4.31 Å². The van der Waals surface area contributed by atoms with Crippen molar-refractivity contribution in [2.45, 2.75) is 31.5 Å². The van der Waals surface area contributed by atoms with E-state index in [-0.39, 0.29) is 11.8 Å². The lowest BCUT2D eigenvalue weighted by Gasteiger charge is -2.26. The standard InChI is InChI=1S/C15H20N2O4S/c18-15(19)14-7-4-8-17(14)13-10-16(22(20,21)11-13)9-12-5-2-1-3-6-12/h1-3,5-6,13-14H,4,7-11H2,(H,18,19)/t13?,14-/m0/s1. The summed E-state index contributed by atoms with van der Waals surface area (Å²) in [6, 6.07) is 8.70. The quantitative estimate of drug-likeness (QED) is 0.884. The molecule has 6 nitrogen and oxygen atoms in total. The van der Waals surface area contributed by atoms with Crippen LogP contribution < -0.4 is 0 Å². The second-order valence-corrected chi connectivity index (χ2v) is 7.96. The Morgan fingerprint density at radius 3 is 2.68 bits per heavy atom. The van der Waals surface area contributed by atoms with Crippen LogP contribution in [0.15, 0.2) is 30.3 Å². The maximum atomic E-state index is 12.4. The van der Waals surface area contributed by atoms with E-state index in [0.29, 0.717) is 26.1 Å². The third-order valence-corrected chi connectivity index (χ3v) is 6.33. The highest BCUT2D eigenvalue weighted by molar-refractivity contribution is 7.89. The molecule has 2 aliphatic rings. The van der Waals surface area contributed by atoms with E-state index >= 15 is 0 Å². The second-order valence-electron chi connectivity index (χ2n) is 5.94. The van der Waals surface area contributed by atoms with Crippen LogP contribution in [0.25, 0.3) is 0 Å². The minimum absolute atomic E-state index is 0.0175. The summed E-state index contributed by atoms with van der Waals surface area (Å²) in [5.74, 6) is -0.833. The highest BCUT2D eigenvalue weighted by Crippen LogP contribution is 2.27. The van der Waals surface area contributed by atoms with Gasteiger partial charge in [-0.3, -0.25) is 9.69 Å². The van der Waals surface area contributed by atoms with E-state index in [4.69, 9.17) is 0 Å². The minimum Gasteiger partial charge on any atom is -0.480 e. The van der Waals surface area contributed by atoms with Crippen molar-refractivity contribution in [3.63, 3.8) is 0 Å². The van der Waals surface area contributed by atoms with Gasteiger partial charge in [0.25, 0.3) is 0 Å². The predicted molar refractivity (Wildman–Crippen MR) is 81.8 cm³/mol. The molecule has 0 radical (unpaired) electrons. The van der Waals surface area contributed by atoms with Gasteiger partial charge in [0, 0.05) is 19.1 Å². The number of nitrogens with zero attached hydrogens (tertiary/aromatic N) is 2. The first-order valence-electron chi connectivity index (χ1n) is 7.48. The van der Waals surface area contributed by atoms with Crippen molar-refractivity contribution in [2.75, 3.05) is 18.8 Å². The summed E-state index contributed by atoms with van der Waals surface area (Å²) in [6.45, 7) is 1.39. The molecule has 0 amide bonds. The Morgan fingerprint density at radius 1 is 1.27 bits per heavy atom. The molecule has 1 aromatic rings. The Morgan fingerprint density at radius 2 is 2.00 bits per heavy atom. The van der Waals surface area contributed by atoms with E-state index in [2.05, 4.69) is 0 Å². The van der Waals surface area contributed by atoms with Gasteiger partial charge in [0.15, 0.2) is 0 Å². The average Bonchev–Trinajstić information content (AvgIpc) is 3.05. The molecule has 1 N–H and O–H groups in total. The fraction of sp³-hybridized carbons (Fsp3) is 0.533. The van der Waals surface area contributed by atoms with Crippen molar-refractivity contribution in [3.05, 3.63) is 35.9 Å². The molecule has 0 spiro atoms. The van der Waals surface area contributed by atoms with Crippen LogP contribution in [0.2, 0.25) is 0 Å². The van der Waals surface area contributed by atoms with Gasteiger partial charge in [-0.05, 0) is 24.9 Å². The molecule has 1 aromatic carbocycles. The van der Waals surface area contributed by atoms with Crippen LogP contribution >= 0.6 is 0 Å². The number of carbonyl (C=O) groups is 1. The van der Waals surface area contributed by atoms with Crippen molar-refractivity contribution < 1.29 is 18.3 Å². The molecule has 2 aliphatic heterocycles. The average molecular weight is 324 g/mol. The maximum absolute atomic E-state index is 12.4. The maximum Gasteiger partial charge on any atom is 0.320 e. The molecule has 2 fully saturated rings. The zero-order valence-corrected chi connectivity index (χ0v) is 13.1. The van der Waals surface area contributed by atoms with Crippen molar-refractivity contribution >= 4 is 16.0 Å². The normalized spacial score (nSPS) is 28.9. The van der Waals surface area contributed by atoms with Gasteiger partial charge < -0.3 is 5.11 Å². The third kappa shape index (κ3) is 3.02. The second kappa shape index (κ2) is 5.98. The fourth-order valence-electron chi connectivity index (χ4n) is 3.39. The van der Waals surface area contributed by atoms with E-state index in [1.54, 1.807) is 0 Å². The molecule has 1 unspecified atom stereocenters. The lowest BCUT2D eigenvalue weighted by Crippen LogP contribution is -2.45. The van der Waals surface area contributed by atoms with Crippen LogP contribution in [-0.4, -0.2) is 59.6 Å². The highest BCUT2D eigenvalue weighted by Gasteiger charge is 2.44. The summed E-state index contributed by atoms with van der Waals surface area (Å²) in [5.41, 5.74) is 0.947. The van der Waals surface area contributed by atoms with E-state index in [0.717, 1.165) is 12.0 Å². The molecule has 3 rings (SSSR count). The van der Waals surface area contributed by atoms with Crippen molar-refractivity contribution in [2.24, 2.45) is 0 Å². The first kappa shape index (κ1) is 15.5. The smallest absolute Gasteiger partial charge is 0.320 e. The Hall–Kier alpha value is -1.44. The summed E-state index contributed by atoms with van der Waals surface area (Å²) in [7, 11) is -3.32. The molecule has 2 saturated heterocycles. The molecule has 0 aromatic heterocycles. The number of benzene rings is 1. The van der Waals surface area contributed by atoms with E-state index in [1.807, 2.05) is 35.2 Å². The lowest BCUT2D eigenvalue weighted by molar-refractivity contribution is -0.142. The van der Waals surface area contributed by atoms with Gasteiger partial charge in [-0.2, -0.15) is 4.31 Å². The predicted octanol–water partition coefficient (Wildman–Crippen LogP) is 0.750. The van der Waals surface area contributed by atoms with Crippen LogP contribution in [0.5, 0.6) is 0 Å². The first-order valence-corrected chi connectivity index (χ1v) is 9.08. The third-order valence-electron chi connectivity index (χ3n) is 4.46. The number of hydrogen-bond donors (Lipinski definition) is 1. The molecule has 0 saturated carbocycles. The Kier molecular flexibility index (Phi) is 4.20. The largest absolute Gasteiger partial charge is 0.480 e. The fourth-order valence-corrected chi connectivity index (χ4v) is 5.13. The van der Waals surface area contributed by atoms with Gasteiger partial charge in [0.1, 0.15) is 6.04 Å². The van der Waals surface area contributed by atoms with Gasteiger partial charge in [-0.15, -0.1) is 0 Å². The molecule has 22 heavy (non-hydrogen) atoms. The number of likely N-dealkylation sites (tertiary alicyclic amines) is 1. The summed E-state index contributed by atoms with van der Waals surface area (Å²) >= 11 is 0. The van der Waals surface area contributed by atoms with Gasteiger partial charge in [-0.25, -0.2) is 8.42 Å². The molecule has 2 atom stereocenters. The van der Waals surface area contributed by atoms with E-state index < -0.39 is 22.0 Å². The molecule has 0 aliphatic carbocycles. The summed E-state index contributed by atoms with van der Waals surface area (Å²) in [5, 5.41) is 9.27. The van der Waals surface area contributed by atoms with Crippen molar-refractivity contribution in [1.29, 1.82) is 0 Å². The number of carboxylic acids is 1. The number of rotatable bonds is 4. The summed E-state index contributed by atoms with van der Waals surface area (Å²) < 4.78 is 26.2. The van der Waals surface area contributed by atoms with Gasteiger partial charge in [0.05, 0.1) is 5.75 Å². The number of aliphatic carboxylic acids is 1. The van der Waals surface area contributed by atoms with Crippen LogP contribution in [0.1, 0.15) is 18.4 Å². The molecular weight excluding hydrogens is 304 g/mol. The first-order chi connectivity index (χ1) is 10.5. The zero-order chi connectivity index (χ0) is 15.7. The molecular formula is C15H20N2O4S. The number of sulfonamides is 1. The van der Waals surface area contributed by atoms with Gasteiger partial charge >= 0.3 is 5.97 Å². The van der Waals surface area contributed by atoms with Gasteiger partial charge in [-0.1, -0.05) is 30.3 Å². The number of hydrogen-bond acceptors (Lipinski definition) is 4. The number of carboxylic acid groups (broad SMARTS) is 1. The molecule has 2 heterocycles. The zero-order valence-electron chi connectivity index (χ0n) is 12.3. The Bertz CT molecular complexity index is 647. The monoisotopic (exact) mass is 324 g/mol. The van der Waals surface area contributed by atoms with Crippen molar-refractivity contribution in [1.82, 2.24) is 9.21 Å². The van der Waals surface area contributed by atoms with Crippen LogP contribution in [0.3, 0.4) is 0 Å². The Labute approximate surface area is 130 Å². The van der Waals surface area contributed by atoms with Gasteiger partial charge in [0.2, 0.25) is 10.0 Å². The minimum atomic E-state index is -3.32. The SMILES string of the molecule is O=C(O)[C@@H]1CCCN1C1CN(Cc2ccccc2)S(=O)(=O)C1. The summed E-state index contributed by atoms with van der Waals surface area (Å²) in [4.78, 5) is 13.1. The molecule has 0 bridgehead atoms. The van der Waals surface area contributed by atoms with E-state index in [9.17, 15) is 18.3 Å². The van der Waals surface area contributed by atoms with Crippen molar-refractivity contribution in [3.8, 4) is 0 Å². The molecule has 7 heteroatoms. The highest BCUT2D eigenvalue weighted by atomic mass is 32.2. The topological polar surface area (TPSA) is 77.9 Å². The molecule has 120 valence electrons. The van der Waals surface area contributed by atoms with Crippen LogP contribution in [-0.2, 0) is 21.4 Å². The van der Waals surface area contributed by atoms with Crippen LogP contribution in [0, 0.1) is 0 Å². The lowest BCUT2D eigenvalue weighted by atomic mass is 10.2. The summed E-state index contributed by atoms with van der Waals surface area (Å²) in [6.07, 6.45) is 1.41. The van der Waals surface area contributed by atoms with Crippen LogP contribution in [0.4, 0.5) is 0 Å². The Balaban J connectivity index is 1.74.